The van der Waals surface area contributed by atoms with Crippen molar-refractivity contribution in [2.24, 2.45) is 0 Å². The largest absolute Gasteiger partial charge is 0.454 e. The molecule has 2 nitrogen and oxygen atoms in total. The number of aryl methyl sites for hydroxylation is 1. The summed E-state index contributed by atoms with van der Waals surface area (Å²) in [4.78, 5) is 0. The highest BCUT2D eigenvalue weighted by Crippen LogP contribution is 2.39. The highest BCUT2D eigenvalue weighted by Gasteiger charge is 2.26. The molecule has 22 heavy (non-hydrogen) atoms. The Morgan fingerprint density at radius 3 is 2.73 bits per heavy atom. The normalized spacial score (nSPS) is 16.3. The van der Waals surface area contributed by atoms with E-state index in [0.29, 0.717) is 0 Å². The lowest BCUT2D eigenvalue weighted by molar-refractivity contribution is 0.594. The SMILES string of the molecule is C1=C(c2cc3ccccc3o2)[N]C2=C1c1ccccc1CC2. The van der Waals surface area contributed by atoms with Crippen LogP contribution in [-0.4, -0.2) is 0 Å². The number of nitrogens with zero attached hydrogens (tertiary/aromatic N) is 1. The van der Waals surface area contributed by atoms with Crippen LogP contribution in [-0.2, 0) is 6.42 Å². The number of furan rings is 1. The summed E-state index contributed by atoms with van der Waals surface area (Å²) in [6, 6.07) is 18.8. The zero-order valence-electron chi connectivity index (χ0n) is 12.0. The summed E-state index contributed by atoms with van der Waals surface area (Å²) in [6.45, 7) is 0. The van der Waals surface area contributed by atoms with E-state index >= 15 is 0 Å². The third-order valence-electron chi connectivity index (χ3n) is 4.46. The van der Waals surface area contributed by atoms with E-state index in [2.05, 4.69) is 42.5 Å². The van der Waals surface area contributed by atoms with Crippen LogP contribution in [0.15, 0.2) is 70.8 Å². The van der Waals surface area contributed by atoms with Gasteiger partial charge in [0, 0.05) is 16.7 Å². The van der Waals surface area contributed by atoms with E-state index in [-0.39, 0.29) is 0 Å². The minimum atomic E-state index is 0.855. The van der Waals surface area contributed by atoms with Gasteiger partial charge in [0.05, 0.1) is 0 Å². The minimum Gasteiger partial charge on any atom is -0.454 e. The van der Waals surface area contributed by atoms with Gasteiger partial charge in [0.15, 0.2) is 5.76 Å². The van der Waals surface area contributed by atoms with Crippen LogP contribution in [0.2, 0.25) is 0 Å². The fourth-order valence-corrected chi connectivity index (χ4v) is 3.37. The highest BCUT2D eigenvalue weighted by molar-refractivity contribution is 5.93. The first-order valence-corrected chi connectivity index (χ1v) is 7.62. The molecule has 2 heteroatoms. The average Bonchev–Trinajstić information content (AvgIpc) is 3.18. The zero-order valence-corrected chi connectivity index (χ0v) is 12.0. The first kappa shape index (κ1) is 11.9. The molecular formula is C20H14NO. The summed E-state index contributed by atoms with van der Waals surface area (Å²) in [5.41, 5.74) is 7.04. The second-order valence-corrected chi connectivity index (χ2v) is 5.81. The highest BCUT2D eigenvalue weighted by atomic mass is 16.3. The average molecular weight is 284 g/mol. The van der Waals surface area contributed by atoms with Crippen molar-refractivity contribution < 1.29 is 4.42 Å². The number of para-hydroxylation sites is 1. The van der Waals surface area contributed by atoms with Gasteiger partial charge in [-0.2, -0.15) is 0 Å². The molecule has 0 N–H and O–H groups in total. The van der Waals surface area contributed by atoms with Gasteiger partial charge in [0.1, 0.15) is 11.3 Å². The van der Waals surface area contributed by atoms with E-state index < -0.39 is 0 Å². The van der Waals surface area contributed by atoms with Crippen LogP contribution in [0.25, 0.3) is 22.2 Å². The molecule has 0 spiro atoms. The van der Waals surface area contributed by atoms with Crippen molar-refractivity contribution >= 4 is 22.2 Å². The summed E-state index contributed by atoms with van der Waals surface area (Å²) >= 11 is 0. The van der Waals surface area contributed by atoms with E-state index in [0.717, 1.165) is 35.3 Å². The second-order valence-electron chi connectivity index (χ2n) is 5.81. The smallest absolute Gasteiger partial charge is 0.153 e. The van der Waals surface area contributed by atoms with Crippen molar-refractivity contribution in [1.29, 1.82) is 0 Å². The van der Waals surface area contributed by atoms with E-state index in [1.54, 1.807) is 0 Å². The standard InChI is InChI=1S/C20H14NO/c1-3-7-15-13(5-1)9-10-17-16(15)12-18(21-17)20-11-14-6-2-4-8-19(14)22-20/h1-8,11-12H,9-10H2. The topological polar surface area (TPSA) is 27.2 Å². The predicted octanol–water partition coefficient (Wildman–Crippen LogP) is 4.75. The third-order valence-corrected chi connectivity index (χ3v) is 4.46. The van der Waals surface area contributed by atoms with Gasteiger partial charge >= 0.3 is 0 Å². The van der Waals surface area contributed by atoms with Crippen molar-refractivity contribution in [1.82, 2.24) is 5.32 Å². The van der Waals surface area contributed by atoms with E-state index in [1.165, 1.54) is 22.4 Å². The van der Waals surface area contributed by atoms with Gasteiger partial charge in [-0.05, 0) is 42.2 Å². The summed E-state index contributed by atoms with van der Waals surface area (Å²) in [6.07, 6.45) is 4.25. The molecule has 3 aromatic rings. The number of hydrogen-bond donors (Lipinski definition) is 0. The lowest BCUT2D eigenvalue weighted by atomic mass is 9.89. The Morgan fingerprint density at radius 1 is 0.909 bits per heavy atom. The van der Waals surface area contributed by atoms with Crippen molar-refractivity contribution in [3.05, 3.63) is 83.3 Å². The van der Waals surface area contributed by atoms with Gasteiger partial charge < -0.3 is 4.42 Å². The van der Waals surface area contributed by atoms with Crippen LogP contribution >= 0.6 is 0 Å². The summed E-state index contributed by atoms with van der Waals surface area (Å²) in [5, 5.41) is 5.95. The van der Waals surface area contributed by atoms with Gasteiger partial charge in [-0.25, -0.2) is 5.32 Å². The van der Waals surface area contributed by atoms with Crippen molar-refractivity contribution in [2.45, 2.75) is 12.8 Å². The Labute approximate surface area is 128 Å². The Kier molecular flexibility index (Phi) is 2.36. The second kappa shape index (κ2) is 4.38. The quantitative estimate of drug-likeness (QED) is 0.633. The zero-order chi connectivity index (χ0) is 14.5. The molecule has 0 bridgehead atoms. The molecule has 1 aliphatic carbocycles. The lowest BCUT2D eigenvalue weighted by Crippen LogP contribution is -2.06. The van der Waals surface area contributed by atoms with Crippen molar-refractivity contribution in [3.8, 4) is 0 Å². The minimum absolute atomic E-state index is 0.855. The monoisotopic (exact) mass is 284 g/mol. The predicted molar refractivity (Wildman–Crippen MR) is 88.0 cm³/mol. The number of allylic oxidation sites excluding steroid dienone is 3. The van der Waals surface area contributed by atoms with Crippen LogP contribution < -0.4 is 5.32 Å². The van der Waals surface area contributed by atoms with Gasteiger partial charge in [-0.1, -0.05) is 42.5 Å². The molecule has 105 valence electrons. The Morgan fingerprint density at radius 2 is 1.77 bits per heavy atom. The van der Waals surface area contributed by atoms with Crippen LogP contribution in [0.4, 0.5) is 0 Å². The Bertz CT molecular complexity index is 926. The maximum atomic E-state index is 5.96. The summed E-state index contributed by atoms with van der Waals surface area (Å²) in [7, 11) is 0. The van der Waals surface area contributed by atoms with E-state index in [4.69, 9.17) is 9.73 Å². The molecular weight excluding hydrogens is 270 g/mol. The van der Waals surface area contributed by atoms with Crippen LogP contribution in [0.3, 0.4) is 0 Å². The fraction of sp³-hybridized carbons (Fsp3) is 0.100. The molecule has 1 radical (unpaired) electrons. The number of fused-ring (bicyclic) bond motifs is 3. The fourth-order valence-electron chi connectivity index (χ4n) is 3.37. The molecule has 0 atom stereocenters. The van der Waals surface area contributed by atoms with Gasteiger partial charge in [0.2, 0.25) is 0 Å². The molecule has 0 amide bonds. The maximum absolute atomic E-state index is 5.96. The van der Waals surface area contributed by atoms with E-state index in [1.807, 2.05) is 18.2 Å². The number of benzene rings is 2. The first-order chi connectivity index (χ1) is 10.9. The van der Waals surface area contributed by atoms with Crippen LogP contribution in [0.5, 0.6) is 0 Å². The molecule has 2 aliphatic rings. The Balaban J connectivity index is 1.60. The van der Waals surface area contributed by atoms with Gasteiger partial charge in [-0.15, -0.1) is 0 Å². The summed E-state index contributed by atoms with van der Waals surface area (Å²) in [5.74, 6) is 0.855. The molecule has 1 aromatic heterocycles. The molecule has 1 aliphatic heterocycles. The number of hydrogen-bond acceptors (Lipinski definition) is 1. The van der Waals surface area contributed by atoms with Crippen LogP contribution in [0.1, 0.15) is 23.3 Å². The molecule has 5 rings (SSSR count). The van der Waals surface area contributed by atoms with Crippen molar-refractivity contribution in [2.75, 3.05) is 0 Å². The molecule has 0 unspecified atom stereocenters. The first-order valence-electron chi connectivity index (χ1n) is 7.62. The third kappa shape index (κ3) is 1.67. The van der Waals surface area contributed by atoms with Crippen LogP contribution in [0, 0.1) is 0 Å². The lowest BCUT2D eigenvalue weighted by Gasteiger charge is -2.16. The van der Waals surface area contributed by atoms with E-state index in [9.17, 15) is 0 Å². The molecule has 2 aromatic carbocycles. The molecule has 0 fully saturated rings. The summed E-state index contributed by atoms with van der Waals surface area (Å²) < 4.78 is 5.96. The van der Waals surface area contributed by atoms with Crippen molar-refractivity contribution in [3.63, 3.8) is 0 Å². The maximum Gasteiger partial charge on any atom is 0.153 e. The number of rotatable bonds is 1. The molecule has 2 heterocycles. The Hall–Kier alpha value is -2.74. The van der Waals surface area contributed by atoms with Gasteiger partial charge in [-0.3, -0.25) is 0 Å². The molecule has 0 saturated carbocycles. The van der Waals surface area contributed by atoms with Gasteiger partial charge in [0.25, 0.3) is 0 Å². The molecule has 0 saturated heterocycles.